The van der Waals surface area contributed by atoms with Gasteiger partial charge in [0, 0.05) is 19.2 Å². The van der Waals surface area contributed by atoms with E-state index in [1.807, 2.05) is 11.4 Å². The lowest BCUT2D eigenvalue weighted by Gasteiger charge is -2.31. The van der Waals surface area contributed by atoms with Crippen molar-refractivity contribution in [2.75, 3.05) is 18.4 Å². The molecule has 1 fully saturated rings. The molecular formula is C18H19N3O4S. The average Bonchev–Trinajstić information content (AvgIpc) is 3.17. The second-order valence-electron chi connectivity index (χ2n) is 6.26. The second-order valence-corrected chi connectivity index (χ2v) is 7.21. The van der Waals surface area contributed by atoms with E-state index >= 15 is 0 Å². The largest absolute Gasteiger partial charge is 0.337 e. The molecule has 0 bridgehead atoms. The Morgan fingerprint density at radius 2 is 2.12 bits per heavy atom. The van der Waals surface area contributed by atoms with Crippen LogP contribution in [-0.4, -0.2) is 34.7 Å². The first-order valence-corrected chi connectivity index (χ1v) is 9.23. The van der Waals surface area contributed by atoms with Crippen LogP contribution in [0.4, 0.5) is 11.4 Å². The summed E-state index contributed by atoms with van der Waals surface area (Å²) < 4.78 is 0. The van der Waals surface area contributed by atoms with Gasteiger partial charge in [-0.25, -0.2) is 0 Å². The summed E-state index contributed by atoms with van der Waals surface area (Å²) >= 11 is 1.39. The molecule has 26 heavy (non-hydrogen) atoms. The fourth-order valence-corrected chi connectivity index (χ4v) is 3.81. The number of rotatable bonds is 4. The summed E-state index contributed by atoms with van der Waals surface area (Å²) in [6.45, 7) is 2.61. The lowest BCUT2D eigenvalue weighted by molar-refractivity contribution is -0.385. The number of carbonyl (C=O) groups excluding carboxylic acids is 2. The van der Waals surface area contributed by atoms with Gasteiger partial charge in [0.05, 0.1) is 27.0 Å². The summed E-state index contributed by atoms with van der Waals surface area (Å²) in [4.78, 5) is 38.1. The first kappa shape index (κ1) is 18.1. The maximum absolute atomic E-state index is 12.6. The summed E-state index contributed by atoms with van der Waals surface area (Å²) in [6, 6.07) is 8.22. The van der Waals surface area contributed by atoms with Crippen molar-refractivity contribution in [3.63, 3.8) is 0 Å². The number of nitro benzene ring substituents is 1. The van der Waals surface area contributed by atoms with Gasteiger partial charge in [0.25, 0.3) is 11.6 Å². The first-order valence-electron chi connectivity index (χ1n) is 8.35. The van der Waals surface area contributed by atoms with Crippen LogP contribution in [0.1, 0.15) is 28.1 Å². The van der Waals surface area contributed by atoms with Crippen LogP contribution in [0.25, 0.3) is 0 Å². The molecular weight excluding hydrogens is 354 g/mol. The minimum atomic E-state index is -0.465. The molecule has 0 aliphatic carbocycles. The van der Waals surface area contributed by atoms with Crippen LogP contribution in [0, 0.1) is 23.0 Å². The van der Waals surface area contributed by atoms with Gasteiger partial charge in [-0.05, 0) is 37.3 Å². The Hall–Kier alpha value is -2.74. The number of hydrogen-bond acceptors (Lipinski definition) is 5. The topological polar surface area (TPSA) is 92.6 Å². The summed E-state index contributed by atoms with van der Waals surface area (Å²) in [7, 11) is 0. The Morgan fingerprint density at radius 1 is 1.31 bits per heavy atom. The van der Waals surface area contributed by atoms with Gasteiger partial charge in [0.1, 0.15) is 0 Å². The number of thiophene rings is 1. The van der Waals surface area contributed by atoms with E-state index in [9.17, 15) is 19.7 Å². The van der Waals surface area contributed by atoms with Crippen LogP contribution < -0.4 is 5.32 Å². The van der Waals surface area contributed by atoms with Gasteiger partial charge < -0.3 is 10.2 Å². The molecule has 7 nitrogen and oxygen atoms in total. The van der Waals surface area contributed by atoms with Crippen molar-refractivity contribution in [3.8, 4) is 0 Å². The molecule has 1 aromatic carbocycles. The van der Waals surface area contributed by atoms with E-state index < -0.39 is 4.92 Å². The van der Waals surface area contributed by atoms with Gasteiger partial charge in [-0.2, -0.15) is 0 Å². The zero-order valence-electron chi connectivity index (χ0n) is 14.3. The predicted octanol–water partition coefficient (Wildman–Crippen LogP) is 3.46. The number of nitrogens with one attached hydrogen (secondary N) is 1. The highest BCUT2D eigenvalue weighted by Crippen LogP contribution is 2.27. The van der Waals surface area contributed by atoms with E-state index in [1.54, 1.807) is 30.0 Å². The molecule has 136 valence electrons. The molecule has 2 amide bonds. The highest BCUT2D eigenvalue weighted by Gasteiger charge is 2.29. The Bertz CT molecular complexity index is 835. The number of benzene rings is 1. The molecule has 1 unspecified atom stereocenters. The Morgan fingerprint density at radius 3 is 2.81 bits per heavy atom. The Balaban J connectivity index is 1.69. The Labute approximate surface area is 154 Å². The van der Waals surface area contributed by atoms with Crippen LogP contribution >= 0.6 is 11.3 Å². The number of piperidine rings is 1. The minimum absolute atomic E-state index is 0.0269. The minimum Gasteiger partial charge on any atom is -0.337 e. The Kier molecular flexibility index (Phi) is 5.32. The van der Waals surface area contributed by atoms with E-state index in [4.69, 9.17) is 0 Å². The number of likely N-dealkylation sites (tertiary alicyclic amines) is 1. The van der Waals surface area contributed by atoms with Gasteiger partial charge >= 0.3 is 0 Å². The van der Waals surface area contributed by atoms with E-state index in [0.29, 0.717) is 35.6 Å². The van der Waals surface area contributed by atoms with E-state index in [0.717, 1.165) is 6.42 Å². The van der Waals surface area contributed by atoms with Crippen molar-refractivity contribution in [2.24, 2.45) is 5.92 Å². The molecule has 1 atom stereocenters. The monoisotopic (exact) mass is 373 g/mol. The third kappa shape index (κ3) is 3.75. The third-order valence-corrected chi connectivity index (χ3v) is 5.43. The lowest BCUT2D eigenvalue weighted by atomic mass is 9.96. The van der Waals surface area contributed by atoms with Crippen molar-refractivity contribution in [1.82, 2.24) is 4.90 Å². The number of anilines is 1. The molecule has 8 heteroatoms. The summed E-state index contributed by atoms with van der Waals surface area (Å²) in [5.41, 5.74) is 0.833. The summed E-state index contributed by atoms with van der Waals surface area (Å²) in [6.07, 6.45) is 1.44. The molecule has 1 saturated heterocycles. The first-order chi connectivity index (χ1) is 12.5. The maximum Gasteiger partial charge on any atom is 0.274 e. The van der Waals surface area contributed by atoms with E-state index in [1.165, 1.54) is 17.4 Å². The highest BCUT2D eigenvalue weighted by molar-refractivity contribution is 7.12. The van der Waals surface area contributed by atoms with E-state index in [2.05, 4.69) is 5.32 Å². The van der Waals surface area contributed by atoms with Gasteiger partial charge in [0.2, 0.25) is 5.91 Å². The molecule has 2 aromatic rings. The second kappa shape index (κ2) is 7.65. The fraction of sp³-hybridized carbons (Fsp3) is 0.333. The average molecular weight is 373 g/mol. The van der Waals surface area contributed by atoms with Crippen molar-refractivity contribution < 1.29 is 14.5 Å². The van der Waals surface area contributed by atoms with Crippen LogP contribution in [0.2, 0.25) is 0 Å². The molecule has 1 aromatic heterocycles. The smallest absolute Gasteiger partial charge is 0.274 e. The summed E-state index contributed by atoms with van der Waals surface area (Å²) in [5.74, 6) is -0.590. The maximum atomic E-state index is 12.6. The predicted molar refractivity (Wildman–Crippen MR) is 99.4 cm³/mol. The van der Waals surface area contributed by atoms with Crippen molar-refractivity contribution in [1.29, 1.82) is 0 Å². The quantitative estimate of drug-likeness (QED) is 0.656. The van der Waals surface area contributed by atoms with Crippen LogP contribution in [0.5, 0.6) is 0 Å². The van der Waals surface area contributed by atoms with Gasteiger partial charge in [-0.3, -0.25) is 19.7 Å². The van der Waals surface area contributed by atoms with Crippen molar-refractivity contribution >= 4 is 34.5 Å². The number of amides is 2. The van der Waals surface area contributed by atoms with E-state index in [-0.39, 0.29) is 23.4 Å². The van der Waals surface area contributed by atoms with Crippen molar-refractivity contribution in [3.05, 3.63) is 56.3 Å². The molecule has 1 N–H and O–H groups in total. The van der Waals surface area contributed by atoms with Crippen LogP contribution in [-0.2, 0) is 4.79 Å². The SMILES string of the molecule is Cc1c(NC(=O)C2CCCN(C(=O)c3cccs3)C2)cccc1[N+](=O)[O-]. The molecule has 3 rings (SSSR count). The number of nitrogens with zero attached hydrogens (tertiary/aromatic N) is 2. The fourth-order valence-electron chi connectivity index (χ4n) is 3.12. The molecule has 0 spiro atoms. The molecule has 1 aliphatic heterocycles. The van der Waals surface area contributed by atoms with Gasteiger partial charge in [0.15, 0.2) is 0 Å². The zero-order valence-corrected chi connectivity index (χ0v) is 15.1. The van der Waals surface area contributed by atoms with Crippen molar-refractivity contribution in [2.45, 2.75) is 19.8 Å². The zero-order chi connectivity index (χ0) is 18.7. The van der Waals surface area contributed by atoms with Gasteiger partial charge in [-0.1, -0.05) is 12.1 Å². The standard InChI is InChI=1S/C18H19N3O4S/c1-12-14(6-2-7-15(12)21(24)25)19-17(22)13-5-3-9-20(11-13)18(23)16-8-4-10-26-16/h2,4,6-8,10,13H,3,5,9,11H2,1H3,(H,19,22). The lowest BCUT2D eigenvalue weighted by Crippen LogP contribution is -2.43. The highest BCUT2D eigenvalue weighted by atomic mass is 32.1. The molecule has 0 radical (unpaired) electrons. The number of nitro groups is 1. The molecule has 1 aliphatic rings. The molecule has 0 saturated carbocycles. The van der Waals surface area contributed by atoms with Gasteiger partial charge in [-0.15, -0.1) is 11.3 Å². The van der Waals surface area contributed by atoms with Crippen LogP contribution in [0.15, 0.2) is 35.7 Å². The third-order valence-electron chi connectivity index (χ3n) is 4.57. The van der Waals surface area contributed by atoms with Crippen LogP contribution in [0.3, 0.4) is 0 Å². The number of carbonyl (C=O) groups is 2. The summed E-state index contributed by atoms with van der Waals surface area (Å²) in [5, 5.41) is 15.7. The normalized spacial score (nSPS) is 17.0. The molecule has 2 heterocycles. The number of hydrogen-bond donors (Lipinski definition) is 1.